The van der Waals surface area contributed by atoms with E-state index in [0.29, 0.717) is 12.4 Å². The molecule has 0 aliphatic heterocycles. The molecular weight excluding hydrogens is 321 g/mol. The summed E-state index contributed by atoms with van der Waals surface area (Å²) in [4.78, 5) is -0.000445. The first-order chi connectivity index (χ1) is 9.44. The van der Waals surface area contributed by atoms with Gasteiger partial charge in [0, 0.05) is 12.1 Å². The summed E-state index contributed by atoms with van der Waals surface area (Å²) in [5.74, 6) is 0.388. The summed E-state index contributed by atoms with van der Waals surface area (Å²) < 4.78 is 32.6. The van der Waals surface area contributed by atoms with Gasteiger partial charge in [0.2, 0.25) is 10.0 Å². The van der Waals surface area contributed by atoms with E-state index in [2.05, 4.69) is 4.72 Å². The van der Waals surface area contributed by atoms with E-state index >= 15 is 0 Å². The second-order valence-electron chi connectivity index (χ2n) is 4.75. The molecule has 112 valence electrons. The van der Waals surface area contributed by atoms with Crippen LogP contribution >= 0.6 is 23.2 Å². The van der Waals surface area contributed by atoms with Crippen LogP contribution in [0.5, 0.6) is 5.75 Å². The van der Waals surface area contributed by atoms with Crippen LogP contribution in [0.3, 0.4) is 0 Å². The van der Waals surface area contributed by atoms with Gasteiger partial charge in [-0.2, -0.15) is 0 Å². The lowest BCUT2D eigenvalue weighted by Gasteiger charge is -2.15. The predicted octanol–water partition coefficient (Wildman–Crippen LogP) is 3.61. The van der Waals surface area contributed by atoms with E-state index in [0.717, 1.165) is 25.7 Å². The summed E-state index contributed by atoms with van der Waals surface area (Å²) in [5.41, 5.74) is 0. The maximum absolute atomic E-state index is 12.3. The van der Waals surface area contributed by atoms with Crippen molar-refractivity contribution in [3.63, 3.8) is 0 Å². The normalized spacial score (nSPS) is 16.6. The van der Waals surface area contributed by atoms with Gasteiger partial charge in [0.1, 0.15) is 10.6 Å². The highest BCUT2D eigenvalue weighted by Crippen LogP contribution is 2.34. The molecule has 0 amide bonds. The molecule has 1 aromatic rings. The average Bonchev–Trinajstić information content (AvgIpc) is 2.85. The van der Waals surface area contributed by atoms with Gasteiger partial charge >= 0.3 is 0 Å². The fourth-order valence-electron chi connectivity index (χ4n) is 2.31. The Morgan fingerprint density at radius 1 is 1.25 bits per heavy atom. The van der Waals surface area contributed by atoms with Crippen LogP contribution in [0.15, 0.2) is 17.0 Å². The Labute approximate surface area is 129 Å². The number of hydrogen-bond acceptors (Lipinski definition) is 3. The largest absolute Gasteiger partial charge is 0.492 e. The van der Waals surface area contributed by atoms with Crippen LogP contribution in [0.4, 0.5) is 0 Å². The number of rotatable bonds is 5. The Hall–Kier alpha value is -0.490. The second kappa shape index (κ2) is 6.52. The third kappa shape index (κ3) is 3.58. The number of benzene rings is 1. The number of ether oxygens (including phenoxy) is 1. The Kier molecular flexibility index (Phi) is 5.18. The zero-order valence-corrected chi connectivity index (χ0v) is 13.5. The molecule has 1 saturated carbocycles. The van der Waals surface area contributed by atoms with Crippen LogP contribution < -0.4 is 9.46 Å². The molecule has 0 bridgehead atoms. The maximum atomic E-state index is 12.3. The molecule has 0 heterocycles. The lowest BCUT2D eigenvalue weighted by atomic mass is 10.3. The zero-order chi connectivity index (χ0) is 14.8. The topological polar surface area (TPSA) is 55.4 Å². The van der Waals surface area contributed by atoms with Crippen LogP contribution in [0, 0.1) is 0 Å². The molecule has 2 rings (SSSR count). The van der Waals surface area contributed by atoms with E-state index in [1.165, 1.54) is 12.1 Å². The minimum atomic E-state index is -3.65. The molecule has 1 aliphatic carbocycles. The number of halogens is 2. The van der Waals surface area contributed by atoms with Crippen LogP contribution in [-0.4, -0.2) is 21.1 Å². The number of sulfonamides is 1. The molecule has 0 spiro atoms. The van der Waals surface area contributed by atoms with Gasteiger partial charge in [-0.15, -0.1) is 0 Å². The van der Waals surface area contributed by atoms with Crippen LogP contribution in [0.2, 0.25) is 10.0 Å². The van der Waals surface area contributed by atoms with Crippen molar-refractivity contribution in [3.8, 4) is 5.75 Å². The van der Waals surface area contributed by atoms with Crippen molar-refractivity contribution in [1.82, 2.24) is 4.72 Å². The lowest BCUT2D eigenvalue weighted by Crippen LogP contribution is -2.32. The van der Waals surface area contributed by atoms with Crippen molar-refractivity contribution in [2.45, 2.75) is 43.5 Å². The Bertz CT molecular complexity index is 584. The summed E-state index contributed by atoms with van der Waals surface area (Å²) in [6.07, 6.45) is 3.82. The summed E-state index contributed by atoms with van der Waals surface area (Å²) in [6, 6.07) is 2.77. The highest BCUT2D eigenvalue weighted by atomic mass is 35.5. The first kappa shape index (κ1) is 15.9. The molecule has 0 aromatic heterocycles. The van der Waals surface area contributed by atoms with Crippen LogP contribution in [0.25, 0.3) is 0 Å². The van der Waals surface area contributed by atoms with Crippen molar-refractivity contribution < 1.29 is 13.2 Å². The predicted molar refractivity (Wildman–Crippen MR) is 80.2 cm³/mol. The van der Waals surface area contributed by atoms with Crippen molar-refractivity contribution >= 4 is 33.2 Å². The Balaban J connectivity index is 2.29. The molecule has 7 heteroatoms. The van der Waals surface area contributed by atoms with E-state index in [4.69, 9.17) is 27.9 Å². The Morgan fingerprint density at radius 2 is 1.90 bits per heavy atom. The van der Waals surface area contributed by atoms with Crippen molar-refractivity contribution in [1.29, 1.82) is 0 Å². The standard InChI is InChI=1S/C13H17Cl2NO3S/c1-2-19-12-7-11(15)13(8-10(12)14)20(17,18)16-9-5-3-4-6-9/h7-9,16H,2-6H2,1H3. The van der Waals surface area contributed by atoms with Gasteiger partial charge in [-0.05, 0) is 25.8 Å². The average molecular weight is 338 g/mol. The highest BCUT2D eigenvalue weighted by Gasteiger charge is 2.25. The molecule has 0 atom stereocenters. The van der Waals surface area contributed by atoms with Crippen LogP contribution in [0.1, 0.15) is 32.6 Å². The molecule has 1 aromatic carbocycles. The van der Waals surface area contributed by atoms with Crippen molar-refractivity contribution in [3.05, 3.63) is 22.2 Å². The van der Waals surface area contributed by atoms with E-state index in [9.17, 15) is 8.42 Å². The van der Waals surface area contributed by atoms with Gasteiger partial charge in [-0.25, -0.2) is 13.1 Å². The second-order valence-corrected chi connectivity index (χ2v) is 7.25. The van der Waals surface area contributed by atoms with Gasteiger partial charge in [-0.1, -0.05) is 36.0 Å². The monoisotopic (exact) mass is 337 g/mol. The van der Waals surface area contributed by atoms with Gasteiger partial charge in [-0.3, -0.25) is 0 Å². The quantitative estimate of drug-likeness (QED) is 0.892. The summed E-state index contributed by atoms with van der Waals surface area (Å²) in [5, 5.41) is 0.353. The molecule has 1 aliphatic rings. The molecule has 20 heavy (non-hydrogen) atoms. The smallest absolute Gasteiger partial charge is 0.242 e. The lowest BCUT2D eigenvalue weighted by molar-refractivity contribution is 0.340. The number of hydrogen-bond donors (Lipinski definition) is 1. The van der Waals surface area contributed by atoms with Gasteiger partial charge in [0.05, 0.1) is 16.7 Å². The fraction of sp³-hybridized carbons (Fsp3) is 0.538. The van der Waals surface area contributed by atoms with E-state index in [-0.39, 0.29) is 21.0 Å². The molecule has 4 nitrogen and oxygen atoms in total. The van der Waals surface area contributed by atoms with E-state index < -0.39 is 10.0 Å². The summed E-state index contributed by atoms with van der Waals surface area (Å²) in [6.45, 7) is 2.25. The summed E-state index contributed by atoms with van der Waals surface area (Å²) >= 11 is 12.1. The van der Waals surface area contributed by atoms with Crippen LogP contribution in [-0.2, 0) is 10.0 Å². The third-order valence-electron chi connectivity index (χ3n) is 3.25. The van der Waals surface area contributed by atoms with Gasteiger partial charge < -0.3 is 4.74 Å². The Morgan fingerprint density at radius 3 is 2.50 bits per heavy atom. The summed E-state index contributed by atoms with van der Waals surface area (Å²) in [7, 11) is -3.65. The van der Waals surface area contributed by atoms with E-state index in [1.54, 1.807) is 0 Å². The molecular formula is C13H17Cl2NO3S. The van der Waals surface area contributed by atoms with Gasteiger partial charge in [0.25, 0.3) is 0 Å². The first-order valence-electron chi connectivity index (χ1n) is 6.58. The molecule has 0 saturated heterocycles. The third-order valence-corrected chi connectivity index (χ3v) is 5.53. The molecule has 0 radical (unpaired) electrons. The minimum absolute atomic E-state index is 0.000445. The van der Waals surface area contributed by atoms with Gasteiger partial charge in [0.15, 0.2) is 0 Å². The molecule has 1 N–H and O–H groups in total. The highest BCUT2D eigenvalue weighted by molar-refractivity contribution is 7.89. The van der Waals surface area contributed by atoms with Crippen molar-refractivity contribution in [2.75, 3.05) is 6.61 Å². The number of nitrogens with one attached hydrogen (secondary N) is 1. The zero-order valence-electron chi connectivity index (χ0n) is 11.2. The van der Waals surface area contributed by atoms with E-state index in [1.807, 2.05) is 6.92 Å². The van der Waals surface area contributed by atoms with Crippen molar-refractivity contribution in [2.24, 2.45) is 0 Å². The molecule has 1 fully saturated rings. The minimum Gasteiger partial charge on any atom is -0.492 e. The first-order valence-corrected chi connectivity index (χ1v) is 8.82. The fourth-order valence-corrected chi connectivity index (χ4v) is 4.44. The maximum Gasteiger partial charge on any atom is 0.242 e. The SMILES string of the molecule is CCOc1cc(Cl)c(S(=O)(=O)NC2CCCC2)cc1Cl. The molecule has 0 unspecified atom stereocenters.